The predicted octanol–water partition coefficient (Wildman–Crippen LogP) is 3.36. The number of para-hydroxylation sites is 1. The monoisotopic (exact) mass is 259 g/mol. The number of halogens is 2. The highest BCUT2D eigenvalue weighted by Crippen LogP contribution is 2.27. The van der Waals surface area contributed by atoms with Crippen molar-refractivity contribution in [2.45, 2.75) is 0 Å². The molecule has 1 heterocycles. The van der Waals surface area contributed by atoms with Crippen LogP contribution in [0.2, 0.25) is 0 Å². The van der Waals surface area contributed by atoms with E-state index in [9.17, 15) is 8.78 Å². The lowest BCUT2D eigenvalue weighted by Crippen LogP contribution is -1.96. The van der Waals surface area contributed by atoms with Crippen LogP contribution in [0.25, 0.3) is 22.2 Å². The molecule has 0 unspecified atom stereocenters. The molecule has 19 heavy (non-hydrogen) atoms. The summed E-state index contributed by atoms with van der Waals surface area (Å²) in [5, 5.41) is 0.203. The van der Waals surface area contributed by atoms with E-state index >= 15 is 0 Å². The van der Waals surface area contributed by atoms with Gasteiger partial charge in [-0.2, -0.15) is 0 Å². The molecule has 0 saturated heterocycles. The quantitative estimate of drug-likeness (QED) is 0.660. The van der Waals surface area contributed by atoms with E-state index < -0.39 is 11.6 Å². The number of hydrogen-bond acceptors (Lipinski definition) is 1. The molecule has 0 spiro atoms. The second-order valence-electron chi connectivity index (χ2n) is 3.97. The van der Waals surface area contributed by atoms with Crippen LogP contribution in [-0.2, 0) is 0 Å². The first-order valence-electron chi connectivity index (χ1n) is 5.56. The number of hydrogen-bond donors (Lipinski definition) is 0. The second kappa shape index (κ2) is 5.12. The van der Waals surface area contributed by atoms with E-state index in [2.05, 4.69) is 4.98 Å². The molecule has 2 N–H and O–H groups in total. The maximum atomic E-state index is 14.0. The molecular formula is C15H11F2NO. The van der Waals surface area contributed by atoms with Gasteiger partial charge in [0.1, 0.15) is 5.69 Å². The third-order valence-corrected chi connectivity index (χ3v) is 2.82. The highest BCUT2D eigenvalue weighted by Gasteiger charge is 2.15. The summed E-state index contributed by atoms with van der Waals surface area (Å²) in [6, 6.07) is 15.4. The van der Waals surface area contributed by atoms with E-state index in [1.54, 1.807) is 42.5 Å². The summed E-state index contributed by atoms with van der Waals surface area (Å²) >= 11 is 0. The first-order chi connectivity index (χ1) is 8.77. The Bertz CT molecular complexity index is 714. The van der Waals surface area contributed by atoms with Crippen molar-refractivity contribution in [3.8, 4) is 11.3 Å². The molecule has 0 radical (unpaired) electrons. The molecular weight excluding hydrogens is 248 g/mol. The van der Waals surface area contributed by atoms with Crippen molar-refractivity contribution in [1.82, 2.24) is 4.98 Å². The number of nitrogens with zero attached hydrogens (tertiary/aromatic N) is 1. The van der Waals surface area contributed by atoms with Crippen LogP contribution in [-0.4, -0.2) is 10.5 Å². The van der Waals surface area contributed by atoms with Crippen LogP contribution in [0.1, 0.15) is 0 Å². The zero-order valence-corrected chi connectivity index (χ0v) is 9.90. The molecule has 0 saturated carbocycles. The Kier molecular flexibility index (Phi) is 3.53. The van der Waals surface area contributed by atoms with Crippen molar-refractivity contribution < 1.29 is 14.3 Å². The number of benzene rings is 2. The first kappa shape index (κ1) is 13.1. The summed E-state index contributed by atoms with van der Waals surface area (Å²) in [7, 11) is 0. The molecule has 3 rings (SSSR count). The number of fused-ring (bicyclic) bond motifs is 1. The minimum atomic E-state index is -0.903. The summed E-state index contributed by atoms with van der Waals surface area (Å²) in [6.45, 7) is 0. The summed E-state index contributed by atoms with van der Waals surface area (Å²) < 4.78 is 27.9. The predicted molar refractivity (Wildman–Crippen MR) is 70.7 cm³/mol. The van der Waals surface area contributed by atoms with Gasteiger partial charge in [0.2, 0.25) is 0 Å². The summed E-state index contributed by atoms with van der Waals surface area (Å²) in [5.41, 5.74) is 1.07. The molecule has 3 aromatic rings. The third kappa shape index (κ3) is 2.18. The smallest absolute Gasteiger partial charge is 0.185 e. The summed E-state index contributed by atoms with van der Waals surface area (Å²) in [5.74, 6) is -1.75. The molecule has 0 atom stereocenters. The largest absolute Gasteiger partial charge is 0.412 e. The molecule has 1 aromatic heterocycles. The molecule has 0 amide bonds. The SMILES string of the molecule is Fc1c(-c2ccccc2)nc2ccccc2c1F.O. The Hall–Kier alpha value is -2.33. The molecule has 0 aliphatic carbocycles. The van der Waals surface area contributed by atoms with Crippen LogP contribution in [0.4, 0.5) is 8.78 Å². The molecule has 96 valence electrons. The molecule has 2 nitrogen and oxygen atoms in total. The lowest BCUT2D eigenvalue weighted by molar-refractivity contribution is 0.516. The maximum Gasteiger partial charge on any atom is 0.185 e. The average Bonchev–Trinajstić information content (AvgIpc) is 2.44. The standard InChI is InChI=1S/C15H9F2N.H2O/c16-13-11-8-4-5-9-12(11)18-15(14(13)17)10-6-2-1-3-7-10;/h1-9H;1H2. The molecule has 2 aromatic carbocycles. The molecule has 0 aliphatic heterocycles. The highest BCUT2D eigenvalue weighted by atomic mass is 19.2. The summed E-state index contributed by atoms with van der Waals surface area (Å²) in [4.78, 5) is 4.19. The Labute approximate surface area is 108 Å². The Morgan fingerprint density at radius 1 is 0.737 bits per heavy atom. The first-order valence-corrected chi connectivity index (χ1v) is 5.56. The topological polar surface area (TPSA) is 44.4 Å². The van der Waals surface area contributed by atoms with Gasteiger partial charge in [-0.15, -0.1) is 0 Å². The van der Waals surface area contributed by atoms with Gasteiger partial charge in [-0.3, -0.25) is 0 Å². The fourth-order valence-corrected chi connectivity index (χ4v) is 1.94. The normalized spacial score (nSPS) is 10.2. The van der Waals surface area contributed by atoms with E-state index in [-0.39, 0.29) is 16.6 Å². The van der Waals surface area contributed by atoms with E-state index in [0.29, 0.717) is 11.1 Å². The van der Waals surface area contributed by atoms with Crippen molar-refractivity contribution >= 4 is 10.9 Å². The van der Waals surface area contributed by atoms with Gasteiger partial charge in [-0.25, -0.2) is 13.8 Å². The van der Waals surface area contributed by atoms with Gasteiger partial charge >= 0.3 is 0 Å². The van der Waals surface area contributed by atoms with Crippen LogP contribution in [0.3, 0.4) is 0 Å². The van der Waals surface area contributed by atoms with Crippen molar-refractivity contribution in [2.24, 2.45) is 0 Å². The Morgan fingerprint density at radius 3 is 2.11 bits per heavy atom. The molecule has 0 bridgehead atoms. The number of pyridine rings is 1. The summed E-state index contributed by atoms with van der Waals surface area (Å²) in [6.07, 6.45) is 0. The van der Waals surface area contributed by atoms with E-state index in [0.717, 1.165) is 0 Å². The highest BCUT2D eigenvalue weighted by molar-refractivity contribution is 5.82. The zero-order chi connectivity index (χ0) is 12.5. The minimum absolute atomic E-state index is 0. The van der Waals surface area contributed by atoms with Gasteiger partial charge in [0.05, 0.1) is 5.52 Å². The molecule has 4 heteroatoms. The second-order valence-corrected chi connectivity index (χ2v) is 3.97. The van der Waals surface area contributed by atoms with Crippen LogP contribution in [0, 0.1) is 11.6 Å². The third-order valence-electron chi connectivity index (χ3n) is 2.82. The average molecular weight is 259 g/mol. The number of aromatic nitrogens is 1. The van der Waals surface area contributed by atoms with E-state index in [1.165, 1.54) is 6.07 Å². The van der Waals surface area contributed by atoms with Crippen molar-refractivity contribution in [1.29, 1.82) is 0 Å². The van der Waals surface area contributed by atoms with E-state index in [1.807, 2.05) is 6.07 Å². The lowest BCUT2D eigenvalue weighted by atomic mass is 10.1. The van der Waals surface area contributed by atoms with Gasteiger partial charge in [0.15, 0.2) is 11.6 Å². The van der Waals surface area contributed by atoms with Gasteiger partial charge in [-0.05, 0) is 12.1 Å². The fraction of sp³-hybridized carbons (Fsp3) is 0. The van der Waals surface area contributed by atoms with Crippen LogP contribution < -0.4 is 0 Å². The van der Waals surface area contributed by atoms with Crippen LogP contribution >= 0.6 is 0 Å². The Morgan fingerprint density at radius 2 is 1.37 bits per heavy atom. The van der Waals surface area contributed by atoms with E-state index in [4.69, 9.17) is 0 Å². The van der Waals surface area contributed by atoms with Crippen molar-refractivity contribution in [3.63, 3.8) is 0 Å². The Balaban J connectivity index is 0.00000133. The van der Waals surface area contributed by atoms with Gasteiger partial charge in [0.25, 0.3) is 0 Å². The van der Waals surface area contributed by atoms with Crippen LogP contribution in [0.5, 0.6) is 0 Å². The fourth-order valence-electron chi connectivity index (χ4n) is 1.94. The van der Waals surface area contributed by atoms with Crippen molar-refractivity contribution in [2.75, 3.05) is 0 Å². The van der Waals surface area contributed by atoms with Gasteiger partial charge in [-0.1, -0.05) is 42.5 Å². The maximum absolute atomic E-state index is 14.0. The zero-order valence-electron chi connectivity index (χ0n) is 9.90. The lowest BCUT2D eigenvalue weighted by Gasteiger charge is -2.06. The van der Waals surface area contributed by atoms with Gasteiger partial charge < -0.3 is 5.48 Å². The van der Waals surface area contributed by atoms with Crippen LogP contribution in [0.15, 0.2) is 54.6 Å². The molecule has 0 fully saturated rings. The number of rotatable bonds is 1. The molecule has 0 aliphatic rings. The van der Waals surface area contributed by atoms with Gasteiger partial charge in [0, 0.05) is 10.9 Å². The van der Waals surface area contributed by atoms with Crippen molar-refractivity contribution in [3.05, 3.63) is 66.2 Å². The minimum Gasteiger partial charge on any atom is -0.412 e.